The Morgan fingerprint density at radius 2 is 1.79 bits per heavy atom. The Kier molecular flexibility index (Phi) is 4.65. The van der Waals surface area contributed by atoms with Gasteiger partial charge in [-0.05, 0) is 12.1 Å². The van der Waals surface area contributed by atoms with Crippen molar-refractivity contribution in [2.24, 2.45) is 0 Å². The van der Waals surface area contributed by atoms with Crippen molar-refractivity contribution < 1.29 is 15.0 Å². The third kappa shape index (κ3) is 3.58. The molecule has 0 aliphatic carbocycles. The SMILES string of the molecule is O=C(CN1CC(O)C(O)C1)Nc1c(Cl)cccc1Cl. The van der Waals surface area contributed by atoms with Crippen LogP contribution in [0.1, 0.15) is 0 Å². The summed E-state index contributed by atoms with van der Waals surface area (Å²) in [5, 5.41) is 22.1. The van der Waals surface area contributed by atoms with Gasteiger partial charge in [-0.3, -0.25) is 9.69 Å². The highest BCUT2D eigenvalue weighted by Gasteiger charge is 2.30. The van der Waals surface area contributed by atoms with E-state index < -0.39 is 12.2 Å². The van der Waals surface area contributed by atoms with Crippen LogP contribution in [-0.4, -0.2) is 52.9 Å². The molecule has 7 heteroatoms. The summed E-state index contributed by atoms with van der Waals surface area (Å²) in [6, 6.07) is 4.95. The van der Waals surface area contributed by atoms with Gasteiger partial charge in [0.05, 0.1) is 34.5 Å². The number of hydrogen-bond acceptors (Lipinski definition) is 4. The number of rotatable bonds is 3. The van der Waals surface area contributed by atoms with E-state index >= 15 is 0 Å². The zero-order chi connectivity index (χ0) is 14.0. The van der Waals surface area contributed by atoms with Crippen molar-refractivity contribution >= 4 is 34.8 Å². The topological polar surface area (TPSA) is 72.8 Å². The zero-order valence-electron chi connectivity index (χ0n) is 10.0. The van der Waals surface area contributed by atoms with Crippen molar-refractivity contribution in [3.05, 3.63) is 28.2 Å². The lowest BCUT2D eigenvalue weighted by atomic mass is 10.3. The molecule has 2 unspecified atom stereocenters. The van der Waals surface area contributed by atoms with Crippen LogP contribution in [0.3, 0.4) is 0 Å². The lowest BCUT2D eigenvalue weighted by molar-refractivity contribution is -0.117. The molecule has 5 nitrogen and oxygen atoms in total. The van der Waals surface area contributed by atoms with Crippen molar-refractivity contribution in [3.8, 4) is 0 Å². The summed E-state index contributed by atoms with van der Waals surface area (Å²) in [6.07, 6.45) is -1.62. The largest absolute Gasteiger partial charge is 0.389 e. The number of aliphatic hydroxyl groups excluding tert-OH is 2. The van der Waals surface area contributed by atoms with E-state index in [1.165, 1.54) is 0 Å². The molecule has 3 N–H and O–H groups in total. The smallest absolute Gasteiger partial charge is 0.238 e. The monoisotopic (exact) mass is 304 g/mol. The molecular weight excluding hydrogens is 291 g/mol. The van der Waals surface area contributed by atoms with Crippen molar-refractivity contribution in [2.45, 2.75) is 12.2 Å². The summed E-state index contributed by atoms with van der Waals surface area (Å²) in [5.74, 6) is -0.295. The average Bonchev–Trinajstić information content (AvgIpc) is 2.63. The Hall–Kier alpha value is -0.850. The fourth-order valence-corrected chi connectivity index (χ4v) is 2.47. The van der Waals surface area contributed by atoms with Crippen LogP contribution in [0.2, 0.25) is 10.0 Å². The summed E-state index contributed by atoms with van der Waals surface area (Å²) in [4.78, 5) is 13.5. The van der Waals surface area contributed by atoms with Gasteiger partial charge >= 0.3 is 0 Å². The first-order valence-corrected chi connectivity index (χ1v) is 6.55. The van der Waals surface area contributed by atoms with E-state index in [4.69, 9.17) is 23.2 Å². The van der Waals surface area contributed by atoms with Gasteiger partial charge < -0.3 is 15.5 Å². The number of para-hydroxylation sites is 1. The minimum atomic E-state index is -0.809. The second-order valence-corrected chi connectivity index (χ2v) is 5.29. The van der Waals surface area contributed by atoms with E-state index in [9.17, 15) is 15.0 Å². The van der Waals surface area contributed by atoms with E-state index in [2.05, 4.69) is 5.32 Å². The van der Waals surface area contributed by atoms with E-state index in [0.29, 0.717) is 15.7 Å². The summed E-state index contributed by atoms with van der Waals surface area (Å²) in [6.45, 7) is 0.603. The average molecular weight is 305 g/mol. The molecule has 1 saturated heterocycles. The van der Waals surface area contributed by atoms with Crippen LogP contribution in [0.4, 0.5) is 5.69 Å². The maximum absolute atomic E-state index is 11.9. The van der Waals surface area contributed by atoms with Crippen molar-refractivity contribution in [3.63, 3.8) is 0 Å². The molecule has 1 amide bonds. The first-order valence-electron chi connectivity index (χ1n) is 5.79. The van der Waals surface area contributed by atoms with Crippen molar-refractivity contribution in [1.29, 1.82) is 0 Å². The minimum absolute atomic E-state index is 0.0652. The van der Waals surface area contributed by atoms with E-state index in [1.807, 2.05) is 0 Å². The fourth-order valence-electron chi connectivity index (χ4n) is 1.98. The number of hydrogen-bond donors (Lipinski definition) is 3. The van der Waals surface area contributed by atoms with Gasteiger partial charge in [0.25, 0.3) is 0 Å². The molecule has 1 aliphatic heterocycles. The highest BCUT2D eigenvalue weighted by atomic mass is 35.5. The number of carbonyl (C=O) groups is 1. The number of benzene rings is 1. The van der Waals surface area contributed by atoms with Crippen LogP contribution in [0.5, 0.6) is 0 Å². The molecule has 19 heavy (non-hydrogen) atoms. The maximum atomic E-state index is 11.9. The van der Waals surface area contributed by atoms with Crippen LogP contribution in [-0.2, 0) is 4.79 Å². The number of β-amino-alcohol motifs (C(OH)–C–C–N with tert-alkyl or cyclic N) is 2. The second kappa shape index (κ2) is 6.07. The molecule has 1 heterocycles. The number of carbonyl (C=O) groups excluding carboxylic acids is 1. The maximum Gasteiger partial charge on any atom is 0.238 e. The lowest BCUT2D eigenvalue weighted by Gasteiger charge is -2.15. The number of likely N-dealkylation sites (tertiary alicyclic amines) is 1. The number of halogens is 2. The van der Waals surface area contributed by atoms with Gasteiger partial charge in [-0.25, -0.2) is 0 Å². The van der Waals surface area contributed by atoms with Gasteiger partial charge in [0.15, 0.2) is 0 Å². The van der Waals surface area contributed by atoms with Crippen LogP contribution in [0.25, 0.3) is 0 Å². The Bertz CT molecular complexity index is 454. The molecule has 0 radical (unpaired) electrons. The highest BCUT2D eigenvalue weighted by molar-refractivity contribution is 6.39. The predicted molar refractivity (Wildman–Crippen MR) is 73.5 cm³/mol. The van der Waals surface area contributed by atoms with Gasteiger partial charge in [-0.15, -0.1) is 0 Å². The Labute approximate surface area is 120 Å². The molecule has 104 valence electrons. The van der Waals surface area contributed by atoms with E-state index in [1.54, 1.807) is 23.1 Å². The van der Waals surface area contributed by atoms with Crippen LogP contribution in [0, 0.1) is 0 Å². The van der Waals surface area contributed by atoms with Gasteiger partial charge in [0, 0.05) is 13.1 Å². The zero-order valence-corrected chi connectivity index (χ0v) is 11.5. The van der Waals surface area contributed by atoms with Gasteiger partial charge in [0.1, 0.15) is 0 Å². The van der Waals surface area contributed by atoms with Crippen molar-refractivity contribution in [2.75, 3.05) is 25.0 Å². The third-order valence-electron chi connectivity index (χ3n) is 2.93. The summed E-state index contributed by atoms with van der Waals surface area (Å²) in [5.41, 5.74) is 0.371. The van der Waals surface area contributed by atoms with Gasteiger partial charge in [-0.1, -0.05) is 29.3 Å². The van der Waals surface area contributed by atoms with Gasteiger partial charge in [-0.2, -0.15) is 0 Å². The minimum Gasteiger partial charge on any atom is -0.389 e. The molecule has 0 aromatic heterocycles. The first kappa shape index (κ1) is 14.6. The molecule has 0 spiro atoms. The molecule has 1 aromatic rings. The molecule has 1 aliphatic rings. The van der Waals surface area contributed by atoms with Crippen molar-refractivity contribution in [1.82, 2.24) is 4.90 Å². The number of amides is 1. The summed E-state index contributed by atoms with van der Waals surface area (Å²) < 4.78 is 0. The normalized spacial score (nSPS) is 23.6. The number of anilines is 1. The molecule has 2 rings (SSSR count). The summed E-state index contributed by atoms with van der Waals surface area (Å²) in [7, 11) is 0. The van der Waals surface area contributed by atoms with Crippen LogP contribution in [0.15, 0.2) is 18.2 Å². The fraction of sp³-hybridized carbons (Fsp3) is 0.417. The van der Waals surface area contributed by atoms with Crippen LogP contribution < -0.4 is 5.32 Å². The van der Waals surface area contributed by atoms with Crippen LogP contribution >= 0.6 is 23.2 Å². The standard InChI is InChI=1S/C12H14Cl2N2O3/c13-7-2-1-3-8(14)12(7)15-11(19)6-16-4-9(17)10(18)5-16/h1-3,9-10,17-18H,4-6H2,(H,15,19). The highest BCUT2D eigenvalue weighted by Crippen LogP contribution is 2.29. The molecule has 2 atom stereocenters. The lowest BCUT2D eigenvalue weighted by Crippen LogP contribution is -2.32. The molecular formula is C12H14Cl2N2O3. The summed E-state index contributed by atoms with van der Waals surface area (Å²) >= 11 is 11.9. The molecule has 0 bridgehead atoms. The molecule has 0 saturated carbocycles. The van der Waals surface area contributed by atoms with Gasteiger partial charge in [0.2, 0.25) is 5.91 Å². The van der Waals surface area contributed by atoms with E-state index in [0.717, 1.165) is 0 Å². The number of nitrogens with zero attached hydrogens (tertiary/aromatic N) is 1. The first-order chi connectivity index (χ1) is 8.97. The Morgan fingerprint density at radius 1 is 1.26 bits per heavy atom. The Morgan fingerprint density at radius 3 is 2.32 bits per heavy atom. The molecule has 1 aromatic carbocycles. The van der Waals surface area contributed by atoms with E-state index in [-0.39, 0.29) is 25.5 Å². The quantitative estimate of drug-likeness (QED) is 0.778. The third-order valence-corrected chi connectivity index (χ3v) is 3.56. The second-order valence-electron chi connectivity index (χ2n) is 4.47. The Balaban J connectivity index is 1.95. The number of nitrogens with one attached hydrogen (secondary N) is 1. The predicted octanol–water partition coefficient (Wildman–Crippen LogP) is 0.969. The molecule has 1 fully saturated rings. The number of aliphatic hydroxyl groups is 2.